The van der Waals surface area contributed by atoms with Crippen LogP contribution < -0.4 is 0 Å². The molecule has 0 radical (unpaired) electrons. The molecule has 6 nitrogen and oxygen atoms in total. The van der Waals surface area contributed by atoms with Crippen LogP contribution in [0, 0.1) is 17.2 Å². The van der Waals surface area contributed by atoms with Crippen molar-refractivity contribution in [2.75, 3.05) is 26.7 Å². The van der Waals surface area contributed by atoms with E-state index in [0.717, 1.165) is 25.7 Å². The molecule has 1 atom stereocenters. The van der Waals surface area contributed by atoms with Crippen molar-refractivity contribution >= 4 is 10.2 Å². The van der Waals surface area contributed by atoms with Gasteiger partial charge in [0.05, 0.1) is 24.2 Å². The van der Waals surface area contributed by atoms with E-state index < -0.39 is 10.2 Å². The third-order valence-electron chi connectivity index (χ3n) is 4.56. The largest absolute Gasteiger partial charge is 0.375 e. The Morgan fingerprint density at radius 1 is 1.23 bits per heavy atom. The third kappa shape index (κ3) is 4.42. The van der Waals surface area contributed by atoms with E-state index >= 15 is 0 Å². The monoisotopic (exact) mass is 329 g/mol. The van der Waals surface area contributed by atoms with E-state index in [2.05, 4.69) is 6.07 Å². The highest BCUT2D eigenvalue weighted by molar-refractivity contribution is 7.86. The lowest BCUT2D eigenvalue weighted by atomic mass is 10.1. The molecule has 0 aromatic rings. The quantitative estimate of drug-likeness (QED) is 0.744. The molecule has 126 valence electrons. The second-order valence-corrected chi connectivity index (χ2v) is 8.49. The van der Waals surface area contributed by atoms with Gasteiger partial charge >= 0.3 is 0 Å². The van der Waals surface area contributed by atoms with Crippen LogP contribution in [-0.4, -0.2) is 55.9 Å². The van der Waals surface area contributed by atoms with Gasteiger partial charge in [0.2, 0.25) is 0 Å². The molecule has 1 saturated carbocycles. The lowest BCUT2D eigenvalue weighted by Gasteiger charge is -2.34. The van der Waals surface area contributed by atoms with Crippen molar-refractivity contribution in [2.45, 2.75) is 57.7 Å². The lowest BCUT2D eigenvalue weighted by Crippen LogP contribution is -2.48. The molecule has 0 amide bonds. The summed E-state index contributed by atoms with van der Waals surface area (Å²) in [5.74, 6) is -0.303. The minimum Gasteiger partial charge on any atom is -0.375 e. The second kappa shape index (κ2) is 7.73. The Morgan fingerprint density at radius 2 is 1.77 bits per heavy atom. The molecule has 0 spiro atoms. The number of rotatable bonds is 6. The minimum atomic E-state index is -3.46. The summed E-state index contributed by atoms with van der Waals surface area (Å²) in [6, 6.07) is 2.07. The van der Waals surface area contributed by atoms with E-state index in [1.54, 1.807) is 14.0 Å². The van der Waals surface area contributed by atoms with Gasteiger partial charge in [-0.15, -0.1) is 0 Å². The average Bonchev–Trinajstić information content (AvgIpc) is 3.00. The third-order valence-corrected chi connectivity index (χ3v) is 6.51. The van der Waals surface area contributed by atoms with Crippen molar-refractivity contribution in [1.82, 2.24) is 8.61 Å². The maximum absolute atomic E-state index is 12.5. The number of ether oxygens (including phenoxy) is 1. The number of hydrogen-bond donors (Lipinski definition) is 0. The molecular formula is C15H27N3O3S. The van der Waals surface area contributed by atoms with Crippen LogP contribution in [0.1, 0.15) is 45.4 Å². The number of nitrogens with zero attached hydrogens (tertiary/aromatic N) is 3. The van der Waals surface area contributed by atoms with Crippen molar-refractivity contribution in [3.8, 4) is 6.07 Å². The molecular weight excluding hydrogens is 302 g/mol. The summed E-state index contributed by atoms with van der Waals surface area (Å²) in [6.45, 7) is 2.97. The first-order chi connectivity index (χ1) is 10.4. The lowest BCUT2D eigenvalue weighted by molar-refractivity contribution is -0.0306. The average molecular weight is 329 g/mol. The molecule has 1 aliphatic carbocycles. The molecule has 1 saturated heterocycles. The molecule has 0 bridgehead atoms. The molecule has 0 aromatic carbocycles. The Kier molecular flexibility index (Phi) is 6.21. The summed E-state index contributed by atoms with van der Waals surface area (Å²) in [6.07, 6.45) is 6.89. The number of nitriles is 1. The normalized spacial score (nSPS) is 23.7. The predicted molar refractivity (Wildman–Crippen MR) is 84.3 cm³/mol. The zero-order valence-electron chi connectivity index (χ0n) is 13.6. The van der Waals surface area contributed by atoms with Crippen LogP contribution >= 0.6 is 0 Å². The SMILES string of the molecule is CC(C#N)CN(C)S(=O)(=O)N1CCC(OC2CCCC2)CC1. The molecule has 2 fully saturated rings. The highest BCUT2D eigenvalue weighted by Crippen LogP contribution is 2.26. The van der Waals surface area contributed by atoms with Gasteiger partial charge in [0.1, 0.15) is 0 Å². The predicted octanol–water partition coefficient (Wildman–Crippen LogP) is 1.75. The fourth-order valence-corrected chi connectivity index (χ4v) is 4.69. The van der Waals surface area contributed by atoms with Gasteiger partial charge in [0, 0.05) is 26.7 Å². The summed E-state index contributed by atoms with van der Waals surface area (Å²) >= 11 is 0. The Balaban J connectivity index is 1.83. The van der Waals surface area contributed by atoms with Gasteiger partial charge in [-0.05, 0) is 32.6 Å². The Labute approximate surface area is 134 Å². The van der Waals surface area contributed by atoms with Crippen molar-refractivity contribution in [3.63, 3.8) is 0 Å². The first-order valence-corrected chi connectivity index (χ1v) is 9.59. The summed E-state index contributed by atoms with van der Waals surface area (Å²) in [5, 5.41) is 8.83. The fraction of sp³-hybridized carbons (Fsp3) is 0.933. The van der Waals surface area contributed by atoms with Crippen LogP contribution in [0.5, 0.6) is 0 Å². The molecule has 0 aromatic heterocycles. The van der Waals surface area contributed by atoms with Gasteiger partial charge in [-0.3, -0.25) is 0 Å². The van der Waals surface area contributed by atoms with Crippen LogP contribution in [0.4, 0.5) is 0 Å². The molecule has 2 rings (SSSR count). The maximum atomic E-state index is 12.5. The zero-order chi connectivity index (χ0) is 16.2. The molecule has 1 heterocycles. The van der Waals surface area contributed by atoms with E-state index in [4.69, 9.17) is 10.00 Å². The van der Waals surface area contributed by atoms with E-state index in [9.17, 15) is 8.42 Å². The van der Waals surface area contributed by atoms with Gasteiger partial charge in [-0.1, -0.05) is 12.8 Å². The first kappa shape index (κ1) is 17.7. The van der Waals surface area contributed by atoms with Gasteiger partial charge in [0.25, 0.3) is 10.2 Å². The van der Waals surface area contributed by atoms with Gasteiger partial charge in [-0.2, -0.15) is 22.3 Å². The molecule has 22 heavy (non-hydrogen) atoms. The summed E-state index contributed by atoms with van der Waals surface area (Å²) in [4.78, 5) is 0. The number of piperidine rings is 1. The summed E-state index contributed by atoms with van der Waals surface area (Å²) in [7, 11) is -1.91. The Hall–Kier alpha value is -0.680. The van der Waals surface area contributed by atoms with Gasteiger partial charge in [0.15, 0.2) is 0 Å². The highest BCUT2D eigenvalue weighted by Gasteiger charge is 2.33. The standard InChI is InChI=1S/C15H27N3O3S/c1-13(11-16)12-17(2)22(19,20)18-9-7-15(8-10-18)21-14-5-3-4-6-14/h13-15H,3-10,12H2,1-2H3. The van der Waals surface area contributed by atoms with Crippen LogP contribution in [0.25, 0.3) is 0 Å². The van der Waals surface area contributed by atoms with Crippen LogP contribution in [0.3, 0.4) is 0 Å². The maximum Gasteiger partial charge on any atom is 0.281 e. The Morgan fingerprint density at radius 3 is 2.32 bits per heavy atom. The summed E-state index contributed by atoms with van der Waals surface area (Å²) in [5.41, 5.74) is 0. The van der Waals surface area contributed by atoms with Gasteiger partial charge in [-0.25, -0.2) is 0 Å². The topological polar surface area (TPSA) is 73.6 Å². The van der Waals surface area contributed by atoms with E-state index in [-0.39, 0.29) is 18.6 Å². The van der Waals surface area contributed by atoms with Crippen molar-refractivity contribution < 1.29 is 13.2 Å². The highest BCUT2D eigenvalue weighted by atomic mass is 32.2. The minimum absolute atomic E-state index is 0.192. The van der Waals surface area contributed by atoms with Crippen molar-refractivity contribution in [1.29, 1.82) is 5.26 Å². The van der Waals surface area contributed by atoms with E-state index in [1.165, 1.54) is 21.5 Å². The molecule has 2 aliphatic rings. The second-order valence-electron chi connectivity index (χ2n) is 6.46. The number of hydrogen-bond acceptors (Lipinski definition) is 4. The van der Waals surface area contributed by atoms with Crippen LogP contribution in [-0.2, 0) is 14.9 Å². The Bertz CT molecular complexity index is 489. The molecule has 1 unspecified atom stereocenters. The molecule has 7 heteroatoms. The van der Waals surface area contributed by atoms with E-state index in [1.807, 2.05) is 0 Å². The van der Waals surface area contributed by atoms with Crippen molar-refractivity contribution in [3.05, 3.63) is 0 Å². The van der Waals surface area contributed by atoms with Gasteiger partial charge < -0.3 is 4.74 Å². The van der Waals surface area contributed by atoms with Crippen LogP contribution in [0.15, 0.2) is 0 Å². The fourth-order valence-electron chi connectivity index (χ4n) is 3.21. The smallest absolute Gasteiger partial charge is 0.281 e. The summed E-state index contributed by atoms with van der Waals surface area (Å²) < 4.78 is 33.9. The van der Waals surface area contributed by atoms with Crippen LogP contribution in [0.2, 0.25) is 0 Å². The zero-order valence-corrected chi connectivity index (χ0v) is 14.4. The molecule has 1 aliphatic heterocycles. The first-order valence-electron chi connectivity index (χ1n) is 8.20. The van der Waals surface area contributed by atoms with E-state index in [0.29, 0.717) is 19.2 Å². The van der Waals surface area contributed by atoms with Crippen molar-refractivity contribution in [2.24, 2.45) is 5.92 Å². The molecule has 0 N–H and O–H groups in total.